The second kappa shape index (κ2) is 10.4. The standard InChI is InChI=1S/C21H25N7OS/c1-15-4-6-16(7-5-15)12-22-19(29)14-30-21-24-20(26-27-21)25-23-13-17-8-10-18(11-9-17)28(2)3/h4-11,13H,12,14H2,1-3H3,(H,22,29)(H2,24,25,26,27)/b23-13-. The van der Waals surface area contributed by atoms with Crippen LogP contribution in [0.25, 0.3) is 0 Å². The van der Waals surface area contributed by atoms with E-state index in [0.717, 1.165) is 16.8 Å². The number of hydrogen-bond acceptors (Lipinski definition) is 7. The van der Waals surface area contributed by atoms with Gasteiger partial charge in [0.2, 0.25) is 17.0 Å². The molecule has 0 radical (unpaired) electrons. The van der Waals surface area contributed by atoms with E-state index in [1.807, 2.05) is 74.4 Å². The minimum absolute atomic E-state index is 0.0703. The maximum atomic E-state index is 12.0. The van der Waals surface area contributed by atoms with Crippen LogP contribution in [-0.2, 0) is 11.3 Å². The molecule has 30 heavy (non-hydrogen) atoms. The largest absolute Gasteiger partial charge is 0.378 e. The van der Waals surface area contributed by atoms with E-state index >= 15 is 0 Å². The number of thioether (sulfide) groups is 1. The van der Waals surface area contributed by atoms with Gasteiger partial charge in [-0.25, -0.2) is 10.5 Å². The molecular weight excluding hydrogens is 398 g/mol. The lowest BCUT2D eigenvalue weighted by Gasteiger charge is -2.11. The zero-order valence-electron chi connectivity index (χ0n) is 17.2. The highest BCUT2D eigenvalue weighted by atomic mass is 32.2. The Bertz CT molecular complexity index is 981. The molecule has 0 saturated carbocycles. The fourth-order valence-electron chi connectivity index (χ4n) is 2.48. The number of anilines is 2. The minimum Gasteiger partial charge on any atom is -0.378 e. The molecule has 0 unspecified atom stereocenters. The Balaban J connectivity index is 1.41. The first-order valence-corrected chi connectivity index (χ1v) is 10.4. The second-order valence-corrected chi connectivity index (χ2v) is 7.82. The lowest BCUT2D eigenvalue weighted by molar-refractivity contribution is -0.118. The molecule has 0 fully saturated rings. The van der Waals surface area contributed by atoms with E-state index in [1.54, 1.807) is 6.21 Å². The van der Waals surface area contributed by atoms with Crippen molar-refractivity contribution in [3.8, 4) is 0 Å². The molecule has 0 aliphatic rings. The molecule has 9 heteroatoms. The molecule has 1 amide bonds. The van der Waals surface area contributed by atoms with E-state index in [2.05, 4.69) is 31.0 Å². The van der Waals surface area contributed by atoms with Gasteiger partial charge in [-0.2, -0.15) is 10.1 Å². The summed E-state index contributed by atoms with van der Waals surface area (Å²) < 4.78 is 0. The Morgan fingerprint density at radius 2 is 1.90 bits per heavy atom. The van der Waals surface area contributed by atoms with E-state index in [-0.39, 0.29) is 11.7 Å². The van der Waals surface area contributed by atoms with E-state index in [1.165, 1.54) is 17.3 Å². The zero-order valence-corrected chi connectivity index (χ0v) is 18.0. The number of rotatable bonds is 9. The normalized spacial score (nSPS) is 10.9. The Morgan fingerprint density at radius 3 is 2.60 bits per heavy atom. The average molecular weight is 424 g/mol. The van der Waals surface area contributed by atoms with Gasteiger partial charge >= 0.3 is 0 Å². The van der Waals surface area contributed by atoms with Gasteiger partial charge in [0.1, 0.15) is 0 Å². The number of carbonyl (C=O) groups is 1. The Morgan fingerprint density at radius 1 is 1.17 bits per heavy atom. The van der Waals surface area contributed by atoms with E-state index in [0.29, 0.717) is 17.6 Å². The molecule has 156 valence electrons. The third-order valence-electron chi connectivity index (χ3n) is 4.20. The SMILES string of the molecule is Cc1ccc(CNC(=O)CSc2n[nH]c(N/N=C\c3ccc(N(C)C)cc3)n2)cc1. The lowest BCUT2D eigenvalue weighted by atomic mass is 10.1. The fourth-order valence-corrected chi connectivity index (χ4v) is 3.10. The van der Waals surface area contributed by atoms with Gasteiger partial charge in [-0.05, 0) is 30.2 Å². The van der Waals surface area contributed by atoms with Crippen molar-refractivity contribution in [3.05, 3.63) is 65.2 Å². The number of aromatic nitrogens is 3. The van der Waals surface area contributed by atoms with Crippen LogP contribution in [-0.4, -0.2) is 47.2 Å². The van der Waals surface area contributed by atoms with Crippen molar-refractivity contribution in [1.82, 2.24) is 20.5 Å². The van der Waals surface area contributed by atoms with E-state index in [4.69, 9.17) is 0 Å². The van der Waals surface area contributed by atoms with Gasteiger partial charge in [0.15, 0.2) is 0 Å². The van der Waals surface area contributed by atoms with Crippen LogP contribution in [0.5, 0.6) is 0 Å². The van der Waals surface area contributed by atoms with Gasteiger partial charge in [0, 0.05) is 26.3 Å². The number of aromatic amines is 1. The molecule has 3 aromatic rings. The minimum atomic E-state index is -0.0703. The molecule has 3 N–H and O–H groups in total. The van der Waals surface area contributed by atoms with Crippen LogP contribution >= 0.6 is 11.8 Å². The molecule has 1 aromatic heterocycles. The van der Waals surface area contributed by atoms with Crippen LogP contribution < -0.4 is 15.6 Å². The zero-order chi connectivity index (χ0) is 21.3. The van der Waals surface area contributed by atoms with Crippen LogP contribution in [0.3, 0.4) is 0 Å². The smallest absolute Gasteiger partial charge is 0.240 e. The second-order valence-electron chi connectivity index (χ2n) is 6.87. The quantitative estimate of drug-likeness (QED) is 0.278. The summed E-state index contributed by atoms with van der Waals surface area (Å²) in [6, 6.07) is 16.1. The van der Waals surface area contributed by atoms with Gasteiger partial charge in [-0.3, -0.25) is 4.79 Å². The number of carbonyl (C=O) groups excluding carboxylic acids is 1. The molecule has 8 nitrogen and oxygen atoms in total. The molecule has 0 atom stereocenters. The number of H-pyrrole nitrogens is 1. The summed E-state index contributed by atoms with van der Waals surface area (Å²) in [4.78, 5) is 18.3. The van der Waals surface area contributed by atoms with Crippen molar-refractivity contribution >= 4 is 35.5 Å². The molecule has 0 bridgehead atoms. The maximum Gasteiger partial charge on any atom is 0.240 e. The van der Waals surface area contributed by atoms with Crippen LogP contribution in [0.1, 0.15) is 16.7 Å². The highest BCUT2D eigenvalue weighted by Crippen LogP contribution is 2.14. The highest BCUT2D eigenvalue weighted by molar-refractivity contribution is 7.99. The third kappa shape index (κ3) is 6.63. The first kappa shape index (κ1) is 21.4. The number of amides is 1. The Labute approximate surface area is 180 Å². The molecule has 0 saturated heterocycles. The molecule has 2 aromatic carbocycles. The maximum absolute atomic E-state index is 12.0. The van der Waals surface area contributed by atoms with Gasteiger partial charge in [-0.1, -0.05) is 53.7 Å². The number of hydrogen-bond donors (Lipinski definition) is 3. The van der Waals surface area contributed by atoms with Gasteiger partial charge in [-0.15, -0.1) is 5.10 Å². The van der Waals surface area contributed by atoms with Crippen molar-refractivity contribution in [3.63, 3.8) is 0 Å². The summed E-state index contributed by atoms with van der Waals surface area (Å²) in [5.74, 6) is 0.586. The van der Waals surface area contributed by atoms with Gasteiger partial charge in [0.05, 0.1) is 12.0 Å². The highest BCUT2D eigenvalue weighted by Gasteiger charge is 2.07. The van der Waals surface area contributed by atoms with Crippen molar-refractivity contribution in [2.75, 3.05) is 30.2 Å². The number of hydrazone groups is 1. The summed E-state index contributed by atoms with van der Waals surface area (Å²) in [6.07, 6.45) is 1.70. The lowest BCUT2D eigenvalue weighted by Crippen LogP contribution is -2.24. The number of aryl methyl sites for hydroxylation is 1. The summed E-state index contributed by atoms with van der Waals surface area (Å²) in [5.41, 5.74) is 7.16. The Hall–Kier alpha value is -3.33. The van der Waals surface area contributed by atoms with E-state index < -0.39 is 0 Å². The fraction of sp³-hybridized carbons (Fsp3) is 0.238. The van der Waals surface area contributed by atoms with Crippen molar-refractivity contribution in [2.45, 2.75) is 18.6 Å². The van der Waals surface area contributed by atoms with Crippen LogP contribution in [0.4, 0.5) is 11.6 Å². The summed E-state index contributed by atoms with van der Waals surface area (Å²) in [6.45, 7) is 2.54. The van der Waals surface area contributed by atoms with Crippen LogP contribution in [0.2, 0.25) is 0 Å². The van der Waals surface area contributed by atoms with Crippen molar-refractivity contribution < 1.29 is 4.79 Å². The molecule has 0 aliphatic heterocycles. The number of benzene rings is 2. The molecule has 0 spiro atoms. The molecule has 3 rings (SSSR count). The monoisotopic (exact) mass is 423 g/mol. The number of nitrogens with zero attached hydrogens (tertiary/aromatic N) is 4. The summed E-state index contributed by atoms with van der Waals surface area (Å²) in [7, 11) is 4.00. The summed E-state index contributed by atoms with van der Waals surface area (Å²) in [5, 5.41) is 14.4. The van der Waals surface area contributed by atoms with Crippen LogP contribution in [0, 0.1) is 6.92 Å². The Kier molecular flexibility index (Phi) is 7.45. The predicted octanol–water partition coefficient (Wildman–Crippen LogP) is 3.03. The van der Waals surface area contributed by atoms with Gasteiger partial charge < -0.3 is 10.2 Å². The topological polar surface area (TPSA) is 98.3 Å². The molecule has 1 heterocycles. The molecule has 0 aliphatic carbocycles. The van der Waals surface area contributed by atoms with Crippen molar-refractivity contribution in [2.24, 2.45) is 5.10 Å². The average Bonchev–Trinajstić information content (AvgIpc) is 3.20. The van der Waals surface area contributed by atoms with E-state index in [9.17, 15) is 4.79 Å². The number of nitrogens with one attached hydrogen (secondary N) is 3. The first-order valence-electron chi connectivity index (χ1n) is 9.43. The summed E-state index contributed by atoms with van der Waals surface area (Å²) >= 11 is 1.26. The predicted molar refractivity (Wildman–Crippen MR) is 122 cm³/mol. The van der Waals surface area contributed by atoms with Crippen molar-refractivity contribution in [1.29, 1.82) is 0 Å². The van der Waals surface area contributed by atoms with Crippen LogP contribution in [0.15, 0.2) is 58.8 Å². The third-order valence-corrected chi connectivity index (χ3v) is 5.05. The molecular formula is C21H25N7OS. The van der Waals surface area contributed by atoms with Gasteiger partial charge in [0.25, 0.3) is 0 Å². The first-order chi connectivity index (χ1) is 14.5.